The molecular weight excluding hydrogens is 262 g/mol. The van der Waals surface area contributed by atoms with Crippen molar-refractivity contribution >= 4 is 22.6 Å². The highest BCUT2D eigenvalue weighted by molar-refractivity contribution is 6.31. The Bertz CT molecular complexity index is 688. The van der Waals surface area contributed by atoms with Gasteiger partial charge in [-0.15, -0.1) is 0 Å². The molecule has 0 saturated heterocycles. The van der Waals surface area contributed by atoms with Crippen LogP contribution in [0.3, 0.4) is 0 Å². The summed E-state index contributed by atoms with van der Waals surface area (Å²) >= 11 is 6.02. The Balaban J connectivity index is 2.10. The fraction of sp³-hybridized carbons (Fsp3) is 0.214. The van der Waals surface area contributed by atoms with Gasteiger partial charge in [-0.05, 0) is 37.4 Å². The minimum absolute atomic E-state index is 0.669. The zero-order chi connectivity index (χ0) is 13.2. The Hall–Kier alpha value is -1.78. The van der Waals surface area contributed by atoms with Crippen molar-refractivity contribution in [3.05, 3.63) is 53.2 Å². The van der Waals surface area contributed by atoms with E-state index in [0.29, 0.717) is 18.1 Å². The van der Waals surface area contributed by atoms with Crippen LogP contribution in [0.4, 0.5) is 0 Å². The van der Waals surface area contributed by atoms with E-state index in [-0.39, 0.29) is 0 Å². The Morgan fingerprint density at radius 3 is 3.00 bits per heavy atom. The van der Waals surface area contributed by atoms with E-state index in [1.54, 1.807) is 6.26 Å². The molecule has 0 amide bonds. The molecule has 2 aromatic heterocycles. The molecule has 0 bridgehead atoms. The zero-order valence-electron chi connectivity index (χ0n) is 10.6. The number of halogens is 1. The number of benzene rings is 1. The Kier molecular flexibility index (Phi) is 3.27. The summed E-state index contributed by atoms with van der Waals surface area (Å²) in [5.74, 6) is 1.88. The van der Waals surface area contributed by atoms with Crippen molar-refractivity contribution in [1.29, 1.82) is 0 Å². The number of nitrogens with one attached hydrogen (secondary N) is 1. The average molecular weight is 276 g/mol. The molecule has 0 aliphatic rings. The third-order valence-electron chi connectivity index (χ3n) is 3.02. The lowest BCUT2D eigenvalue weighted by Crippen LogP contribution is -2.12. The molecule has 0 aliphatic heterocycles. The van der Waals surface area contributed by atoms with E-state index in [9.17, 15) is 0 Å². The molecule has 19 heavy (non-hydrogen) atoms. The predicted molar refractivity (Wildman–Crippen MR) is 75.3 cm³/mol. The van der Waals surface area contributed by atoms with Crippen LogP contribution >= 0.6 is 11.6 Å². The molecule has 0 saturated carbocycles. The monoisotopic (exact) mass is 275 g/mol. The summed E-state index contributed by atoms with van der Waals surface area (Å²) in [6.45, 7) is 1.37. The Morgan fingerprint density at radius 1 is 1.37 bits per heavy atom. The summed E-state index contributed by atoms with van der Waals surface area (Å²) in [5.41, 5.74) is 1.97. The molecule has 0 radical (unpaired) electrons. The molecule has 3 rings (SSSR count). The molecule has 5 heteroatoms. The Morgan fingerprint density at radius 2 is 2.26 bits per heavy atom. The zero-order valence-corrected chi connectivity index (χ0v) is 11.3. The fourth-order valence-electron chi connectivity index (χ4n) is 2.18. The topological polar surface area (TPSA) is 43.0 Å². The van der Waals surface area contributed by atoms with Gasteiger partial charge in [-0.2, -0.15) is 0 Å². The van der Waals surface area contributed by atoms with Gasteiger partial charge in [0.2, 0.25) is 0 Å². The molecule has 0 unspecified atom stereocenters. The first-order valence-electron chi connectivity index (χ1n) is 6.09. The minimum atomic E-state index is 0.669. The molecule has 0 aliphatic carbocycles. The van der Waals surface area contributed by atoms with Gasteiger partial charge in [-0.1, -0.05) is 11.6 Å². The van der Waals surface area contributed by atoms with E-state index >= 15 is 0 Å². The lowest BCUT2D eigenvalue weighted by Gasteiger charge is -2.07. The van der Waals surface area contributed by atoms with E-state index in [2.05, 4.69) is 14.9 Å². The second kappa shape index (κ2) is 5.07. The van der Waals surface area contributed by atoms with Crippen LogP contribution in [0.2, 0.25) is 5.02 Å². The lowest BCUT2D eigenvalue weighted by atomic mass is 10.3. The SMILES string of the molecule is CNCc1nc2cc(Cl)ccc2n1Cc1ccco1. The van der Waals surface area contributed by atoms with Gasteiger partial charge in [0.1, 0.15) is 11.6 Å². The molecule has 3 aromatic rings. The summed E-state index contributed by atoms with van der Waals surface area (Å²) in [6, 6.07) is 9.61. The lowest BCUT2D eigenvalue weighted by molar-refractivity contribution is 0.490. The van der Waals surface area contributed by atoms with Crippen LogP contribution in [0.15, 0.2) is 41.0 Å². The quantitative estimate of drug-likeness (QED) is 0.796. The highest BCUT2D eigenvalue weighted by Crippen LogP contribution is 2.22. The molecule has 4 nitrogen and oxygen atoms in total. The maximum Gasteiger partial charge on any atom is 0.124 e. The van der Waals surface area contributed by atoms with Gasteiger partial charge < -0.3 is 14.3 Å². The van der Waals surface area contributed by atoms with Crippen molar-refractivity contribution in [2.24, 2.45) is 0 Å². The van der Waals surface area contributed by atoms with Crippen LogP contribution < -0.4 is 5.32 Å². The van der Waals surface area contributed by atoms with Gasteiger partial charge in [0, 0.05) is 5.02 Å². The largest absolute Gasteiger partial charge is 0.467 e. The van der Waals surface area contributed by atoms with Gasteiger partial charge in [-0.25, -0.2) is 4.98 Å². The number of furan rings is 1. The van der Waals surface area contributed by atoms with Gasteiger partial charge in [0.25, 0.3) is 0 Å². The normalized spacial score (nSPS) is 11.3. The molecule has 0 spiro atoms. The Labute approximate surface area is 116 Å². The van der Waals surface area contributed by atoms with Crippen molar-refractivity contribution in [1.82, 2.24) is 14.9 Å². The second-order valence-corrected chi connectivity index (χ2v) is 4.79. The van der Waals surface area contributed by atoms with Crippen LogP contribution in [0.25, 0.3) is 11.0 Å². The molecule has 0 atom stereocenters. The first-order chi connectivity index (χ1) is 9.28. The van der Waals surface area contributed by atoms with E-state index < -0.39 is 0 Å². The highest BCUT2D eigenvalue weighted by Gasteiger charge is 2.11. The molecule has 1 aromatic carbocycles. The van der Waals surface area contributed by atoms with Gasteiger partial charge in [0.05, 0.1) is 30.4 Å². The molecule has 0 fully saturated rings. The summed E-state index contributed by atoms with van der Waals surface area (Å²) < 4.78 is 7.56. The number of fused-ring (bicyclic) bond motifs is 1. The third-order valence-corrected chi connectivity index (χ3v) is 3.25. The number of hydrogen-bond donors (Lipinski definition) is 1. The second-order valence-electron chi connectivity index (χ2n) is 4.36. The molecule has 98 valence electrons. The van der Waals surface area contributed by atoms with Gasteiger partial charge in [-0.3, -0.25) is 0 Å². The molecule has 1 N–H and O–H groups in total. The first-order valence-corrected chi connectivity index (χ1v) is 6.47. The molecular formula is C14H14ClN3O. The first kappa shape index (κ1) is 12.3. The number of imidazole rings is 1. The highest BCUT2D eigenvalue weighted by atomic mass is 35.5. The minimum Gasteiger partial charge on any atom is -0.467 e. The van der Waals surface area contributed by atoms with Crippen molar-refractivity contribution in [2.45, 2.75) is 13.1 Å². The van der Waals surface area contributed by atoms with Crippen molar-refractivity contribution in [3.8, 4) is 0 Å². The summed E-state index contributed by atoms with van der Waals surface area (Å²) in [5, 5.41) is 3.83. The van der Waals surface area contributed by atoms with Crippen LogP contribution in [-0.4, -0.2) is 16.6 Å². The summed E-state index contributed by atoms with van der Waals surface area (Å²) in [6.07, 6.45) is 1.68. The maximum absolute atomic E-state index is 6.02. The van der Waals surface area contributed by atoms with Crippen LogP contribution in [0, 0.1) is 0 Å². The fourth-order valence-corrected chi connectivity index (χ4v) is 2.35. The van der Waals surface area contributed by atoms with Gasteiger partial charge >= 0.3 is 0 Å². The van der Waals surface area contributed by atoms with E-state index in [1.165, 1.54) is 0 Å². The van der Waals surface area contributed by atoms with Crippen molar-refractivity contribution in [2.75, 3.05) is 7.05 Å². The van der Waals surface area contributed by atoms with Crippen molar-refractivity contribution in [3.63, 3.8) is 0 Å². The third kappa shape index (κ3) is 2.37. The average Bonchev–Trinajstić information content (AvgIpc) is 2.99. The van der Waals surface area contributed by atoms with Gasteiger partial charge in [0.15, 0.2) is 0 Å². The van der Waals surface area contributed by atoms with E-state index in [0.717, 1.165) is 22.6 Å². The number of rotatable bonds is 4. The van der Waals surface area contributed by atoms with Crippen LogP contribution in [0.1, 0.15) is 11.6 Å². The maximum atomic E-state index is 6.02. The van der Waals surface area contributed by atoms with E-state index in [4.69, 9.17) is 16.0 Å². The van der Waals surface area contributed by atoms with Crippen LogP contribution in [0.5, 0.6) is 0 Å². The standard InChI is InChI=1S/C14H14ClN3O/c1-16-8-14-17-12-7-10(15)4-5-13(12)18(14)9-11-3-2-6-19-11/h2-7,16H,8-9H2,1H3. The number of hydrogen-bond acceptors (Lipinski definition) is 3. The van der Waals surface area contributed by atoms with Crippen molar-refractivity contribution < 1.29 is 4.42 Å². The number of nitrogens with zero attached hydrogens (tertiary/aromatic N) is 2. The molecule has 2 heterocycles. The van der Waals surface area contributed by atoms with E-state index in [1.807, 2.05) is 37.4 Å². The van der Waals surface area contributed by atoms with Crippen LogP contribution in [-0.2, 0) is 13.1 Å². The predicted octanol–water partition coefficient (Wildman–Crippen LogP) is 3.05. The summed E-state index contributed by atoms with van der Waals surface area (Å²) in [4.78, 5) is 4.62. The smallest absolute Gasteiger partial charge is 0.124 e. The summed E-state index contributed by atoms with van der Waals surface area (Å²) in [7, 11) is 1.91. The number of aromatic nitrogens is 2.